The van der Waals surface area contributed by atoms with Gasteiger partial charge in [-0.1, -0.05) is 11.6 Å². The summed E-state index contributed by atoms with van der Waals surface area (Å²) in [5, 5.41) is 12.1. The summed E-state index contributed by atoms with van der Waals surface area (Å²) in [7, 11) is 0. The molecule has 0 aromatic heterocycles. The van der Waals surface area contributed by atoms with E-state index in [1.807, 2.05) is 0 Å². The van der Waals surface area contributed by atoms with Crippen molar-refractivity contribution in [1.82, 2.24) is 5.32 Å². The molecule has 2 N–H and O–H groups in total. The van der Waals surface area contributed by atoms with E-state index in [1.54, 1.807) is 13.8 Å². The summed E-state index contributed by atoms with van der Waals surface area (Å²) in [5.41, 5.74) is 0.861. The van der Waals surface area contributed by atoms with Crippen LogP contribution in [0.4, 0.5) is 0 Å². The molecule has 3 heteroatoms. The Balaban J connectivity index is 2.13. The van der Waals surface area contributed by atoms with Gasteiger partial charge in [-0.25, -0.2) is 0 Å². The zero-order chi connectivity index (χ0) is 11.3. The van der Waals surface area contributed by atoms with Crippen LogP contribution in [0.5, 0.6) is 0 Å². The lowest BCUT2D eigenvalue weighted by molar-refractivity contribution is -0.146. The minimum Gasteiger partial charge on any atom is -0.481 e. The molecule has 1 aliphatic rings. The fourth-order valence-corrected chi connectivity index (χ4v) is 1.69. The van der Waals surface area contributed by atoms with E-state index in [0.717, 1.165) is 13.0 Å². The van der Waals surface area contributed by atoms with Gasteiger partial charge in [-0.05, 0) is 46.1 Å². The number of carboxylic acid groups (broad SMARTS) is 1. The summed E-state index contributed by atoms with van der Waals surface area (Å²) in [6.07, 6.45) is 7.11. The number of hydrogen-bond acceptors (Lipinski definition) is 2. The van der Waals surface area contributed by atoms with Crippen LogP contribution >= 0.6 is 0 Å². The van der Waals surface area contributed by atoms with Crippen molar-refractivity contribution < 1.29 is 9.90 Å². The van der Waals surface area contributed by atoms with E-state index in [9.17, 15) is 4.79 Å². The first kappa shape index (κ1) is 12.2. The average molecular weight is 211 g/mol. The Morgan fingerprint density at radius 2 is 2.33 bits per heavy atom. The SMILES string of the molecule is CC(C)(CNCCC1=CCCC1)C(=O)O. The molecule has 0 atom stereocenters. The van der Waals surface area contributed by atoms with Crippen LogP contribution in [0.1, 0.15) is 39.5 Å². The van der Waals surface area contributed by atoms with Crippen molar-refractivity contribution in [2.45, 2.75) is 39.5 Å². The van der Waals surface area contributed by atoms with Crippen LogP contribution in [0.25, 0.3) is 0 Å². The van der Waals surface area contributed by atoms with Crippen molar-refractivity contribution in [2.24, 2.45) is 5.41 Å². The first-order chi connectivity index (χ1) is 7.02. The van der Waals surface area contributed by atoms with E-state index < -0.39 is 11.4 Å². The minimum absolute atomic E-state index is 0.537. The zero-order valence-electron chi connectivity index (χ0n) is 9.68. The summed E-state index contributed by atoms with van der Waals surface area (Å²) >= 11 is 0. The topological polar surface area (TPSA) is 49.3 Å². The highest BCUT2D eigenvalue weighted by Gasteiger charge is 2.26. The molecule has 0 saturated carbocycles. The predicted octanol–water partition coefficient (Wildman–Crippen LogP) is 2.19. The number of carboxylic acids is 1. The predicted molar refractivity (Wildman–Crippen MR) is 60.8 cm³/mol. The lowest BCUT2D eigenvalue weighted by Gasteiger charge is -2.19. The van der Waals surface area contributed by atoms with Crippen LogP contribution in [0.2, 0.25) is 0 Å². The molecular formula is C12H21NO2. The largest absolute Gasteiger partial charge is 0.481 e. The highest BCUT2D eigenvalue weighted by atomic mass is 16.4. The highest BCUT2D eigenvalue weighted by Crippen LogP contribution is 2.20. The molecule has 0 aromatic carbocycles. The molecule has 0 amide bonds. The van der Waals surface area contributed by atoms with Crippen LogP contribution in [-0.2, 0) is 4.79 Å². The third kappa shape index (κ3) is 4.04. The first-order valence-electron chi connectivity index (χ1n) is 5.64. The molecule has 0 spiro atoms. The second kappa shape index (κ2) is 5.31. The van der Waals surface area contributed by atoms with E-state index in [0.29, 0.717) is 6.54 Å². The molecule has 3 nitrogen and oxygen atoms in total. The molecule has 0 radical (unpaired) electrons. The van der Waals surface area contributed by atoms with Crippen molar-refractivity contribution in [3.63, 3.8) is 0 Å². The molecule has 15 heavy (non-hydrogen) atoms. The molecule has 0 aliphatic heterocycles. The Bertz CT molecular complexity index is 256. The first-order valence-corrected chi connectivity index (χ1v) is 5.64. The number of allylic oxidation sites excluding steroid dienone is 1. The van der Waals surface area contributed by atoms with Gasteiger partial charge in [0.25, 0.3) is 0 Å². The summed E-state index contributed by atoms with van der Waals surface area (Å²) in [4.78, 5) is 10.8. The fourth-order valence-electron chi connectivity index (χ4n) is 1.69. The van der Waals surface area contributed by atoms with E-state index in [-0.39, 0.29) is 0 Å². The Hall–Kier alpha value is -0.830. The van der Waals surface area contributed by atoms with Crippen molar-refractivity contribution >= 4 is 5.97 Å². The molecule has 1 aliphatic carbocycles. The number of aliphatic carboxylic acids is 1. The maximum atomic E-state index is 10.8. The molecule has 86 valence electrons. The maximum absolute atomic E-state index is 10.8. The van der Waals surface area contributed by atoms with E-state index >= 15 is 0 Å². The van der Waals surface area contributed by atoms with Crippen molar-refractivity contribution in [1.29, 1.82) is 0 Å². The quantitative estimate of drug-likeness (QED) is 0.523. The molecular weight excluding hydrogens is 190 g/mol. The summed E-state index contributed by atoms with van der Waals surface area (Å²) in [6.45, 7) is 4.92. The van der Waals surface area contributed by atoms with Crippen LogP contribution in [-0.4, -0.2) is 24.2 Å². The zero-order valence-corrected chi connectivity index (χ0v) is 9.68. The number of hydrogen-bond donors (Lipinski definition) is 2. The highest BCUT2D eigenvalue weighted by molar-refractivity contribution is 5.73. The lowest BCUT2D eigenvalue weighted by atomic mass is 9.94. The van der Waals surface area contributed by atoms with Crippen LogP contribution in [0.3, 0.4) is 0 Å². The second-order valence-corrected chi connectivity index (χ2v) is 4.87. The summed E-state index contributed by atoms with van der Waals surface area (Å²) in [6, 6.07) is 0. The minimum atomic E-state index is -0.741. The molecule has 0 heterocycles. The van der Waals surface area contributed by atoms with Gasteiger partial charge >= 0.3 is 5.97 Å². The number of carbonyl (C=O) groups is 1. The average Bonchev–Trinajstić information content (AvgIpc) is 2.64. The lowest BCUT2D eigenvalue weighted by Crippen LogP contribution is -2.36. The Labute approximate surface area is 91.6 Å². The molecule has 0 bridgehead atoms. The summed E-state index contributed by atoms with van der Waals surface area (Å²) < 4.78 is 0. The Kier molecular flexibility index (Phi) is 4.33. The normalized spacial score (nSPS) is 16.5. The standard InChI is InChI=1S/C12H21NO2/c1-12(2,11(14)15)9-13-8-7-10-5-3-4-6-10/h5,13H,3-4,6-9H2,1-2H3,(H,14,15). The van der Waals surface area contributed by atoms with Crippen LogP contribution in [0, 0.1) is 5.41 Å². The van der Waals surface area contributed by atoms with E-state index in [2.05, 4.69) is 11.4 Å². The number of rotatable bonds is 6. The smallest absolute Gasteiger partial charge is 0.310 e. The van der Waals surface area contributed by atoms with Gasteiger partial charge in [0.05, 0.1) is 5.41 Å². The van der Waals surface area contributed by atoms with Gasteiger partial charge in [0.2, 0.25) is 0 Å². The van der Waals surface area contributed by atoms with E-state index in [1.165, 1.54) is 24.8 Å². The van der Waals surface area contributed by atoms with Gasteiger partial charge in [0.1, 0.15) is 0 Å². The molecule has 1 rings (SSSR count). The van der Waals surface area contributed by atoms with Crippen LogP contribution in [0.15, 0.2) is 11.6 Å². The van der Waals surface area contributed by atoms with Gasteiger partial charge in [-0.3, -0.25) is 4.79 Å². The Morgan fingerprint density at radius 1 is 1.60 bits per heavy atom. The summed E-state index contributed by atoms with van der Waals surface area (Å²) in [5.74, 6) is -0.741. The Morgan fingerprint density at radius 3 is 2.87 bits per heavy atom. The second-order valence-electron chi connectivity index (χ2n) is 4.87. The number of nitrogens with one attached hydrogen (secondary N) is 1. The van der Waals surface area contributed by atoms with Crippen molar-refractivity contribution in [3.05, 3.63) is 11.6 Å². The molecule has 0 fully saturated rings. The molecule has 0 unspecified atom stereocenters. The monoisotopic (exact) mass is 211 g/mol. The maximum Gasteiger partial charge on any atom is 0.310 e. The molecule has 0 saturated heterocycles. The van der Waals surface area contributed by atoms with Gasteiger partial charge in [-0.2, -0.15) is 0 Å². The van der Waals surface area contributed by atoms with Crippen molar-refractivity contribution in [3.8, 4) is 0 Å². The molecule has 0 aromatic rings. The van der Waals surface area contributed by atoms with Gasteiger partial charge < -0.3 is 10.4 Å². The van der Waals surface area contributed by atoms with Gasteiger partial charge in [0.15, 0.2) is 0 Å². The van der Waals surface area contributed by atoms with Crippen LogP contribution < -0.4 is 5.32 Å². The fraction of sp³-hybridized carbons (Fsp3) is 0.750. The van der Waals surface area contributed by atoms with E-state index in [4.69, 9.17) is 5.11 Å². The third-order valence-electron chi connectivity index (χ3n) is 2.90. The van der Waals surface area contributed by atoms with Crippen molar-refractivity contribution in [2.75, 3.05) is 13.1 Å². The van der Waals surface area contributed by atoms with Gasteiger partial charge in [0, 0.05) is 6.54 Å². The van der Waals surface area contributed by atoms with Gasteiger partial charge in [-0.15, -0.1) is 0 Å². The third-order valence-corrected chi connectivity index (χ3v) is 2.90.